The molecule has 0 aliphatic carbocycles. The SMILES string of the molecule is O.O=C([P+](c1ccccc1)(c1ccccc1)c1ccccc1)[P+](c1ccccc1)(c1ccccc1)c1ccccc1.[Cl][Ru][Cl]. The maximum atomic E-state index is 16.4. The molecule has 0 aromatic heterocycles. The topological polar surface area (TPSA) is 48.6 Å². The van der Waals surface area contributed by atoms with Crippen LogP contribution >= 0.6 is 33.9 Å². The summed E-state index contributed by atoms with van der Waals surface area (Å²) in [5.41, 5.74) is 0. The van der Waals surface area contributed by atoms with Gasteiger partial charge in [0.2, 0.25) is 14.5 Å². The molecular formula is C37H32Cl2O2P2Ru+2. The van der Waals surface area contributed by atoms with Crippen LogP contribution < -0.4 is 31.8 Å². The van der Waals surface area contributed by atoms with Gasteiger partial charge in [0.1, 0.15) is 31.8 Å². The molecule has 0 saturated heterocycles. The van der Waals surface area contributed by atoms with Crippen molar-refractivity contribution in [3.05, 3.63) is 182 Å². The van der Waals surface area contributed by atoms with Crippen molar-refractivity contribution in [1.29, 1.82) is 0 Å². The van der Waals surface area contributed by atoms with Crippen molar-refractivity contribution in [1.82, 2.24) is 0 Å². The van der Waals surface area contributed by atoms with Gasteiger partial charge in [-0.15, -0.1) is 0 Å². The minimum absolute atomic E-state index is 0. The van der Waals surface area contributed by atoms with Crippen LogP contribution in [-0.4, -0.2) is 10.7 Å². The molecule has 0 spiro atoms. The van der Waals surface area contributed by atoms with Gasteiger partial charge in [-0.3, -0.25) is 0 Å². The second-order valence-electron chi connectivity index (χ2n) is 9.69. The van der Waals surface area contributed by atoms with E-state index in [4.69, 9.17) is 19.4 Å². The Labute approximate surface area is 276 Å². The first-order valence-corrected chi connectivity index (χ1v) is 21.8. The molecule has 0 bridgehead atoms. The Bertz CT molecular complexity index is 1390. The van der Waals surface area contributed by atoms with Crippen LogP contribution in [-0.2, 0) is 15.1 Å². The zero-order valence-electron chi connectivity index (χ0n) is 23.7. The average Bonchev–Trinajstić information content (AvgIpc) is 3.09. The zero-order valence-corrected chi connectivity index (χ0v) is 28.8. The summed E-state index contributed by atoms with van der Waals surface area (Å²) in [7, 11) is 4.00. The van der Waals surface area contributed by atoms with Gasteiger partial charge in [0.25, 0.3) is 0 Å². The molecule has 2 nitrogen and oxygen atoms in total. The van der Waals surface area contributed by atoms with E-state index in [1.54, 1.807) is 0 Å². The molecule has 0 atom stereocenters. The summed E-state index contributed by atoms with van der Waals surface area (Å²) in [4.78, 5) is 16.4. The Kier molecular flexibility index (Phi) is 12.6. The second kappa shape index (κ2) is 16.4. The van der Waals surface area contributed by atoms with Crippen LogP contribution in [0.15, 0.2) is 182 Å². The third-order valence-electron chi connectivity index (χ3n) is 7.43. The first-order chi connectivity index (χ1) is 21.2. The van der Waals surface area contributed by atoms with Crippen molar-refractivity contribution in [2.75, 3.05) is 0 Å². The van der Waals surface area contributed by atoms with Crippen LogP contribution in [0.3, 0.4) is 0 Å². The third kappa shape index (κ3) is 6.52. The molecule has 7 heteroatoms. The summed E-state index contributed by atoms with van der Waals surface area (Å²) in [6.07, 6.45) is 0. The second-order valence-corrected chi connectivity index (χ2v) is 19.3. The number of hydrogen-bond acceptors (Lipinski definition) is 1. The van der Waals surface area contributed by atoms with Gasteiger partial charge in [0.05, 0.1) is 0 Å². The summed E-state index contributed by atoms with van der Waals surface area (Å²) in [5.74, 6) is 0. The predicted molar refractivity (Wildman–Crippen MR) is 191 cm³/mol. The summed E-state index contributed by atoms with van der Waals surface area (Å²) in [6, 6.07) is 62.9. The predicted octanol–water partition coefficient (Wildman–Crippen LogP) is 7.65. The van der Waals surface area contributed by atoms with E-state index in [0.29, 0.717) is 5.27 Å². The fraction of sp³-hybridized carbons (Fsp3) is 0. The molecular weight excluding hydrogens is 710 g/mol. The van der Waals surface area contributed by atoms with E-state index in [2.05, 4.69) is 146 Å². The van der Waals surface area contributed by atoms with Crippen molar-refractivity contribution >= 4 is 71.0 Å². The Morgan fingerprint density at radius 1 is 0.364 bits per heavy atom. The van der Waals surface area contributed by atoms with E-state index in [-0.39, 0.29) is 20.6 Å². The molecule has 6 aromatic rings. The molecule has 0 unspecified atom stereocenters. The normalized spacial score (nSPS) is 11.0. The molecule has 0 heterocycles. The van der Waals surface area contributed by atoms with Crippen molar-refractivity contribution in [3.63, 3.8) is 0 Å². The van der Waals surface area contributed by atoms with Gasteiger partial charge in [-0.05, 0) is 72.8 Å². The number of carbonyl (C=O) groups is 1. The Balaban J connectivity index is 0.00000106. The average molecular weight is 743 g/mol. The molecule has 6 rings (SSSR count). The Morgan fingerprint density at radius 2 is 0.500 bits per heavy atom. The van der Waals surface area contributed by atoms with E-state index in [1.807, 2.05) is 36.4 Å². The van der Waals surface area contributed by atoms with Crippen LogP contribution in [0, 0.1) is 0 Å². The van der Waals surface area contributed by atoms with Gasteiger partial charge in [-0.2, -0.15) is 0 Å². The monoisotopic (exact) mass is 742 g/mol. The quantitative estimate of drug-likeness (QED) is 0.117. The summed E-state index contributed by atoms with van der Waals surface area (Å²) in [5, 5.41) is 6.74. The number of carbonyl (C=O) groups excluding carboxylic acids is 1. The molecule has 222 valence electrons. The molecule has 0 saturated carbocycles. The van der Waals surface area contributed by atoms with Gasteiger partial charge in [0, 0.05) is 0 Å². The van der Waals surface area contributed by atoms with E-state index in [9.17, 15) is 0 Å². The first-order valence-electron chi connectivity index (χ1n) is 13.7. The maximum absolute atomic E-state index is 16.4. The molecule has 6 aromatic carbocycles. The van der Waals surface area contributed by atoms with E-state index in [1.165, 1.54) is 0 Å². The van der Waals surface area contributed by atoms with Gasteiger partial charge in [-0.25, -0.2) is 4.79 Å². The van der Waals surface area contributed by atoms with Gasteiger partial charge in [0.15, 0.2) is 0 Å². The number of benzene rings is 6. The molecule has 2 N–H and O–H groups in total. The van der Waals surface area contributed by atoms with Crippen LogP contribution in [0.2, 0.25) is 0 Å². The van der Waals surface area contributed by atoms with E-state index in [0.717, 1.165) is 31.8 Å². The van der Waals surface area contributed by atoms with E-state index >= 15 is 4.79 Å². The number of halogens is 2. The standard InChI is InChI=1S/C37H30OP2.2ClH.H2O.Ru/c38-37(39(31-19-7-1-8-20-31,32-21-9-2-10-22-32)33-23-11-3-12-24-33)40(34-25-13-4-14-26-34,35-27-15-5-16-28-35)36-29-17-6-18-30-36;;;;/h1-30H;2*1H;1H2;/q+2;;;;+2/p-2. The molecule has 0 aliphatic heterocycles. The van der Waals surface area contributed by atoms with Gasteiger partial charge < -0.3 is 5.48 Å². The van der Waals surface area contributed by atoms with Gasteiger partial charge in [-0.1, -0.05) is 109 Å². The summed E-state index contributed by atoms with van der Waals surface area (Å²) >= 11 is -0.346. The summed E-state index contributed by atoms with van der Waals surface area (Å²) < 4.78 is 0. The van der Waals surface area contributed by atoms with Crippen molar-refractivity contribution < 1.29 is 25.4 Å². The first kappa shape index (κ1) is 33.9. The molecule has 0 aliphatic rings. The summed E-state index contributed by atoms with van der Waals surface area (Å²) in [6.45, 7) is 0. The fourth-order valence-electron chi connectivity index (χ4n) is 5.69. The zero-order chi connectivity index (χ0) is 30.0. The van der Waals surface area contributed by atoms with Crippen LogP contribution in [0.4, 0.5) is 4.79 Å². The Hall–Kier alpha value is -2.99. The van der Waals surface area contributed by atoms with Gasteiger partial charge >= 0.3 is 39.8 Å². The van der Waals surface area contributed by atoms with Crippen LogP contribution in [0.25, 0.3) is 0 Å². The number of hydrogen-bond donors (Lipinski definition) is 0. The Morgan fingerprint density at radius 3 is 0.636 bits per heavy atom. The van der Waals surface area contributed by atoms with Crippen LogP contribution in [0.1, 0.15) is 0 Å². The van der Waals surface area contributed by atoms with E-state index < -0.39 is 14.5 Å². The molecule has 0 fully saturated rings. The third-order valence-corrected chi connectivity index (χ3v) is 16.8. The van der Waals surface area contributed by atoms with Crippen molar-refractivity contribution in [2.24, 2.45) is 0 Å². The molecule has 0 amide bonds. The number of rotatable bonds is 8. The molecule has 0 radical (unpaired) electrons. The van der Waals surface area contributed by atoms with Crippen molar-refractivity contribution in [3.8, 4) is 0 Å². The van der Waals surface area contributed by atoms with Crippen LogP contribution in [0.5, 0.6) is 0 Å². The molecule has 44 heavy (non-hydrogen) atoms. The minimum atomic E-state index is -2.85. The fourth-order valence-corrected chi connectivity index (χ4v) is 16.4. The van der Waals surface area contributed by atoms with Crippen molar-refractivity contribution in [2.45, 2.75) is 0 Å².